The zero-order valence-corrected chi connectivity index (χ0v) is 10.9. The van der Waals surface area contributed by atoms with E-state index in [-0.39, 0.29) is 0 Å². The molecule has 1 aromatic carbocycles. The SMILES string of the molecule is CCCN(CCC)P(=O)(O)c1ccccc1. The smallest absolute Gasteiger partial charge is 0.299 e. The standard InChI is InChI=1S/C12H20NO2P/c1-3-10-13(11-4-2)16(14,15)12-8-6-5-7-9-12/h5-9H,3-4,10-11H2,1-2H3,(H,14,15). The van der Waals surface area contributed by atoms with Crippen LogP contribution in [0.2, 0.25) is 0 Å². The third-order valence-corrected chi connectivity index (χ3v) is 4.58. The molecule has 4 heteroatoms. The molecule has 0 bridgehead atoms. The van der Waals surface area contributed by atoms with Crippen molar-refractivity contribution in [3.8, 4) is 0 Å². The van der Waals surface area contributed by atoms with Gasteiger partial charge in [0, 0.05) is 13.1 Å². The number of rotatable bonds is 6. The van der Waals surface area contributed by atoms with Crippen LogP contribution in [0.25, 0.3) is 0 Å². The minimum atomic E-state index is -3.35. The fraction of sp³-hybridized carbons (Fsp3) is 0.500. The van der Waals surface area contributed by atoms with Crippen LogP contribution in [0, 0.1) is 0 Å². The summed E-state index contributed by atoms with van der Waals surface area (Å²) in [6.07, 6.45) is 1.77. The highest BCUT2D eigenvalue weighted by atomic mass is 31.2. The first-order valence-corrected chi connectivity index (χ1v) is 7.38. The van der Waals surface area contributed by atoms with Gasteiger partial charge in [-0.15, -0.1) is 0 Å². The lowest BCUT2D eigenvalue weighted by molar-refractivity contribution is 0.354. The molecular formula is C12H20NO2P. The fourth-order valence-corrected chi connectivity index (χ4v) is 3.51. The second kappa shape index (κ2) is 6.19. The van der Waals surface area contributed by atoms with Gasteiger partial charge in [-0.3, -0.25) is 4.57 Å². The van der Waals surface area contributed by atoms with Gasteiger partial charge in [0.2, 0.25) is 0 Å². The minimum absolute atomic E-state index is 0.525. The molecule has 0 saturated carbocycles. The Morgan fingerprint density at radius 3 is 2.06 bits per heavy atom. The van der Waals surface area contributed by atoms with Gasteiger partial charge in [-0.2, -0.15) is 0 Å². The average molecular weight is 241 g/mol. The molecular weight excluding hydrogens is 221 g/mol. The second-order valence-corrected chi connectivity index (χ2v) is 6.00. The summed E-state index contributed by atoms with van der Waals surface area (Å²) in [5.41, 5.74) is 0. The van der Waals surface area contributed by atoms with E-state index in [4.69, 9.17) is 0 Å². The van der Waals surface area contributed by atoms with Crippen molar-refractivity contribution in [3.05, 3.63) is 30.3 Å². The molecule has 1 unspecified atom stereocenters. The first-order valence-electron chi connectivity index (χ1n) is 5.76. The molecule has 0 heterocycles. The number of hydrogen-bond donors (Lipinski definition) is 1. The largest absolute Gasteiger partial charge is 0.330 e. The third kappa shape index (κ3) is 3.18. The van der Waals surface area contributed by atoms with E-state index < -0.39 is 7.52 Å². The molecule has 1 atom stereocenters. The maximum absolute atomic E-state index is 12.4. The molecule has 0 aliphatic rings. The number of hydrogen-bond acceptors (Lipinski definition) is 1. The summed E-state index contributed by atoms with van der Waals surface area (Å²) >= 11 is 0. The Kier molecular flexibility index (Phi) is 5.20. The van der Waals surface area contributed by atoms with Crippen molar-refractivity contribution in [2.45, 2.75) is 26.7 Å². The number of benzene rings is 1. The second-order valence-electron chi connectivity index (χ2n) is 3.83. The van der Waals surface area contributed by atoms with Gasteiger partial charge in [0.1, 0.15) is 0 Å². The van der Waals surface area contributed by atoms with Crippen LogP contribution in [0.1, 0.15) is 26.7 Å². The van der Waals surface area contributed by atoms with E-state index in [2.05, 4.69) is 0 Å². The lowest BCUT2D eigenvalue weighted by Gasteiger charge is -2.26. The Hall–Kier alpha value is -0.630. The van der Waals surface area contributed by atoms with Crippen LogP contribution in [-0.2, 0) is 4.57 Å². The summed E-state index contributed by atoms with van der Waals surface area (Å²) in [5, 5.41) is 0.525. The predicted molar refractivity (Wildman–Crippen MR) is 68.1 cm³/mol. The van der Waals surface area contributed by atoms with Crippen molar-refractivity contribution >= 4 is 12.8 Å². The zero-order valence-electron chi connectivity index (χ0n) is 9.97. The van der Waals surface area contributed by atoms with Crippen molar-refractivity contribution in [1.29, 1.82) is 0 Å². The lowest BCUT2D eigenvalue weighted by atomic mass is 10.4. The predicted octanol–water partition coefficient (Wildman–Crippen LogP) is 2.62. The van der Waals surface area contributed by atoms with Gasteiger partial charge in [-0.25, -0.2) is 4.67 Å². The molecule has 0 fully saturated rings. The first-order chi connectivity index (χ1) is 7.62. The summed E-state index contributed by atoms with van der Waals surface area (Å²) in [7, 11) is -3.35. The van der Waals surface area contributed by atoms with Crippen molar-refractivity contribution < 1.29 is 9.46 Å². The molecule has 0 radical (unpaired) electrons. The highest BCUT2D eigenvalue weighted by Crippen LogP contribution is 2.43. The fourth-order valence-electron chi connectivity index (χ4n) is 1.68. The van der Waals surface area contributed by atoms with E-state index >= 15 is 0 Å². The van der Waals surface area contributed by atoms with E-state index in [1.54, 1.807) is 28.9 Å². The van der Waals surface area contributed by atoms with Crippen LogP contribution in [0.5, 0.6) is 0 Å². The molecule has 0 spiro atoms. The third-order valence-electron chi connectivity index (χ3n) is 2.44. The van der Waals surface area contributed by atoms with Crippen LogP contribution in [0.3, 0.4) is 0 Å². The molecule has 3 nitrogen and oxygen atoms in total. The van der Waals surface area contributed by atoms with Crippen molar-refractivity contribution in [2.75, 3.05) is 13.1 Å². The highest BCUT2D eigenvalue weighted by molar-refractivity contribution is 7.63. The van der Waals surface area contributed by atoms with Crippen LogP contribution >= 0.6 is 7.52 Å². The zero-order chi connectivity index (χ0) is 12.0. The monoisotopic (exact) mass is 241 g/mol. The summed E-state index contributed by atoms with van der Waals surface area (Å²) in [4.78, 5) is 10.2. The van der Waals surface area contributed by atoms with Crippen molar-refractivity contribution in [3.63, 3.8) is 0 Å². The summed E-state index contributed by atoms with van der Waals surface area (Å²) in [5.74, 6) is 0. The van der Waals surface area contributed by atoms with Crippen molar-refractivity contribution in [1.82, 2.24) is 4.67 Å². The van der Waals surface area contributed by atoms with Crippen LogP contribution < -0.4 is 5.30 Å². The van der Waals surface area contributed by atoms with Crippen LogP contribution in [0.15, 0.2) is 30.3 Å². The van der Waals surface area contributed by atoms with Gasteiger partial charge < -0.3 is 4.89 Å². The van der Waals surface area contributed by atoms with Crippen LogP contribution in [-0.4, -0.2) is 22.7 Å². The molecule has 90 valence electrons. The molecule has 16 heavy (non-hydrogen) atoms. The molecule has 0 aromatic heterocycles. The van der Waals surface area contributed by atoms with Gasteiger partial charge in [0.25, 0.3) is 7.52 Å². The van der Waals surface area contributed by atoms with E-state index in [0.29, 0.717) is 18.4 Å². The first kappa shape index (κ1) is 13.4. The van der Waals surface area contributed by atoms with E-state index in [0.717, 1.165) is 12.8 Å². The topological polar surface area (TPSA) is 40.5 Å². The van der Waals surface area contributed by atoms with Gasteiger partial charge in [-0.05, 0) is 25.0 Å². The Labute approximate surface area is 97.6 Å². The quantitative estimate of drug-likeness (QED) is 0.778. The maximum atomic E-state index is 12.4. The van der Waals surface area contributed by atoms with Crippen molar-refractivity contribution in [2.24, 2.45) is 0 Å². The van der Waals surface area contributed by atoms with E-state index in [1.807, 2.05) is 19.9 Å². The normalized spacial score (nSPS) is 15.0. The average Bonchev–Trinajstić information content (AvgIpc) is 2.30. The van der Waals surface area contributed by atoms with Gasteiger partial charge in [-0.1, -0.05) is 32.0 Å². The Bertz CT molecular complexity index is 347. The summed E-state index contributed by atoms with van der Waals surface area (Å²) < 4.78 is 14.1. The highest BCUT2D eigenvalue weighted by Gasteiger charge is 2.28. The molecule has 1 N–H and O–H groups in total. The Morgan fingerprint density at radius 2 is 1.62 bits per heavy atom. The Morgan fingerprint density at radius 1 is 1.12 bits per heavy atom. The molecule has 1 aromatic rings. The van der Waals surface area contributed by atoms with Gasteiger partial charge in [0.15, 0.2) is 0 Å². The maximum Gasteiger partial charge on any atom is 0.299 e. The lowest BCUT2D eigenvalue weighted by Crippen LogP contribution is -2.27. The Balaban J connectivity index is 2.93. The molecule has 0 aliphatic heterocycles. The summed E-state index contributed by atoms with van der Waals surface area (Å²) in [6, 6.07) is 8.90. The van der Waals surface area contributed by atoms with E-state index in [9.17, 15) is 9.46 Å². The minimum Gasteiger partial charge on any atom is -0.330 e. The molecule has 0 aliphatic carbocycles. The molecule has 1 rings (SSSR count). The van der Waals surface area contributed by atoms with Gasteiger partial charge in [0.05, 0.1) is 5.30 Å². The van der Waals surface area contributed by atoms with E-state index in [1.165, 1.54) is 0 Å². The molecule has 0 saturated heterocycles. The van der Waals surface area contributed by atoms with Gasteiger partial charge >= 0.3 is 0 Å². The number of nitrogens with zero attached hydrogens (tertiary/aromatic N) is 1. The summed E-state index contributed by atoms with van der Waals surface area (Å²) in [6.45, 7) is 5.37. The molecule has 0 amide bonds. The van der Waals surface area contributed by atoms with Crippen LogP contribution in [0.4, 0.5) is 0 Å².